The third-order valence-corrected chi connectivity index (χ3v) is 7.61. The van der Waals surface area contributed by atoms with Crippen LogP contribution < -0.4 is 0 Å². The number of aliphatic hydroxyl groups is 1. The van der Waals surface area contributed by atoms with Gasteiger partial charge in [-0.15, -0.1) is 0 Å². The summed E-state index contributed by atoms with van der Waals surface area (Å²) < 4.78 is 16.4. The molecule has 0 aromatic carbocycles. The van der Waals surface area contributed by atoms with E-state index in [9.17, 15) is 19.8 Å². The van der Waals surface area contributed by atoms with Gasteiger partial charge in [-0.2, -0.15) is 0 Å². The van der Waals surface area contributed by atoms with E-state index in [1.807, 2.05) is 6.92 Å². The highest BCUT2D eigenvalue weighted by atomic mass is 19.1. The molecule has 0 spiro atoms. The summed E-state index contributed by atoms with van der Waals surface area (Å²) in [6.07, 6.45) is 9.50. The van der Waals surface area contributed by atoms with Crippen LogP contribution in [0.2, 0.25) is 0 Å². The topological polar surface area (TPSA) is 74.6 Å². The summed E-state index contributed by atoms with van der Waals surface area (Å²) >= 11 is 0. The van der Waals surface area contributed by atoms with Crippen molar-refractivity contribution >= 4 is 11.8 Å². The predicted octanol–water partition coefficient (Wildman–Crippen LogP) is 2.98. The van der Waals surface area contributed by atoms with Crippen molar-refractivity contribution < 1.29 is 24.2 Å². The quantitative estimate of drug-likeness (QED) is 0.716. The highest BCUT2D eigenvalue weighted by molar-refractivity contribution is 6.01. The molecule has 0 aromatic rings. The molecule has 2 N–H and O–H groups in total. The number of halogens is 1. The highest BCUT2D eigenvalue weighted by Crippen LogP contribution is 2.67. The summed E-state index contributed by atoms with van der Waals surface area (Å²) in [5, 5.41) is 20.4. The zero-order valence-electron chi connectivity index (χ0n) is 14.5. The second-order valence-electron chi connectivity index (χ2n) is 8.45. The van der Waals surface area contributed by atoms with Gasteiger partial charge in [-0.1, -0.05) is 24.6 Å². The lowest BCUT2D eigenvalue weighted by molar-refractivity contribution is -0.172. The van der Waals surface area contributed by atoms with Gasteiger partial charge in [0.2, 0.25) is 0 Å². The van der Waals surface area contributed by atoms with E-state index in [-0.39, 0.29) is 24.0 Å². The summed E-state index contributed by atoms with van der Waals surface area (Å²) in [6, 6.07) is 0. The van der Waals surface area contributed by atoms with Crippen LogP contribution in [0.15, 0.2) is 36.0 Å². The van der Waals surface area contributed by atoms with Crippen molar-refractivity contribution in [2.45, 2.75) is 50.8 Å². The van der Waals surface area contributed by atoms with Crippen molar-refractivity contribution in [3.8, 4) is 0 Å². The molecule has 6 atom stereocenters. The zero-order chi connectivity index (χ0) is 18.3. The third-order valence-electron chi connectivity index (χ3n) is 7.61. The predicted molar refractivity (Wildman–Crippen MR) is 89.5 cm³/mol. The fraction of sp³-hybridized carbons (Fsp3) is 0.600. The number of ketones is 1. The van der Waals surface area contributed by atoms with Gasteiger partial charge in [0, 0.05) is 16.7 Å². The molecule has 25 heavy (non-hydrogen) atoms. The van der Waals surface area contributed by atoms with Gasteiger partial charge in [-0.25, -0.2) is 9.18 Å². The van der Waals surface area contributed by atoms with Gasteiger partial charge < -0.3 is 10.2 Å². The molecule has 5 heteroatoms. The summed E-state index contributed by atoms with van der Waals surface area (Å²) in [5.41, 5.74) is -4.61. The number of aliphatic carboxylic acids is 1. The van der Waals surface area contributed by atoms with Gasteiger partial charge in [-0.3, -0.25) is 4.79 Å². The first-order valence-electron chi connectivity index (χ1n) is 8.88. The Labute approximate surface area is 146 Å². The Bertz CT molecular complexity index is 768. The Kier molecular flexibility index (Phi) is 3.14. The Morgan fingerprint density at radius 1 is 1.20 bits per heavy atom. The molecule has 0 saturated heterocycles. The average molecular weight is 346 g/mol. The number of hydrogen-bond acceptors (Lipinski definition) is 3. The van der Waals surface area contributed by atoms with Crippen LogP contribution in [0.1, 0.15) is 39.5 Å². The number of carboxylic acids is 1. The minimum absolute atomic E-state index is 0.111. The number of fused-ring (bicyclic) bond motifs is 5. The van der Waals surface area contributed by atoms with Crippen molar-refractivity contribution in [2.75, 3.05) is 0 Å². The summed E-state index contributed by atoms with van der Waals surface area (Å²) in [6.45, 7) is 3.56. The molecular weight excluding hydrogens is 323 g/mol. The lowest BCUT2D eigenvalue weighted by Gasteiger charge is -2.57. The van der Waals surface area contributed by atoms with Gasteiger partial charge >= 0.3 is 5.97 Å². The lowest BCUT2D eigenvalue weighted by Crippen LogP contribution is -2.60. The van der Waals surface area contributed by atoms with Crippen LogP contribution in [0, 0.1) is 22.7 Å². The molecule has 4 nitrogen and oxygen atoms in total. The normalized spacial score (nSPS) is 50.7. The van der Waals surface area contributed by atoms with Crippen molar-refractivity contribution in [1.82, 2.24) is 0 Å². The van der Waals surface area contributed by atoms with Gasteiger partial charge in [0.05, 0.1) is 0 Å². The van der Waals surface area contributed by atoms with E-state index in [0.29, 0.717) is 19.3 Å². The maximum Gasteiger partial charge on any atom is 0.336 e. The fourth-order valence-electron chi connectivity index (χ4n) is 5.88. The zero-order valence-corrected chi connectivity index (χ0v) is 14.5. The van der Waals surface area contributed by atoms with Gasteiger partial charge in [0.25, 0.3) is 0 Å². The maximum atomic E-state index is 16.4. The number of carboxylic acid groups (broad SMARTS) is 1. The molecule has 0 bridgehead atoms. The average Bonchev–Trinajstić information content (AvgIpc) is 2.83. The summed E-state index contributed by atoms with van der Waals surface area (Å²) in [5.74, 6) is -1.97. The van der Waals surface area contributed by atoms with E-state index in [2.05, 4.69) is 0 Å². The molecule has 0 aromatic heterocycles. The van der Waals surface area contributed by atoms with Crippen LogP contribution in [-0.4, -0.2) is 33.2 Å². The fourth-order valence-corrected chi connectivity index (χ4v) is 5.88. The number of alkyl halides is 1. The Balaban J connectivity index is 1.85. The lowest BCUT2D eigenvalue weighted by atomic mass is 9.48. The summed E-state index contributed by atoms with van der Waals surface area (Å²) in [7, 11) is 0. The van der Waals surface area contributed by atoms with E-state index >= 15 is 4.39 Å². The molecule has 0 heterocycles. The van der Waals surface area contributed by atoms with E-state index in [1.54, 1.807) is 25.2 Å². The minimum atomic E-state index is -1.86. The first-order chi connectivity index (χ1) is 11.6. The SMILES string of the molecule is C[C@]12C=CC(=O)C=C1CC[C@H]1[C@@H]3CC[C@](O)(C(=O)O)[C@@]3(C)C=C[C@@]12F. The second-order valence-corrected chi connectivity index (χ2v) is 8.45. The Morgan fingerprint density at radius 3 is 2.60 bits per heavy atom. The van der Waals surface area contributed by atoms with E-state index in [4.69, 9.17) is 0 Å². The first-order valence-corrected chi connectivity index (χ1v) is 8.88. The standard InChI is InChI=1S/C20H23FO4/c1-17-7-5-13(22)11-12(17)3-4-15-14-6-8-20(25,16(23)24)18(14,2)9-10-19(15,17)21/h5,7,9-11,14-15,25H,3-4,6,8H2,1-2H3,(H,23,24)/t14-,15-,17-,18-,19+,20-/m0/s1. The molecule has 0 aliphatic heterocycles. The van der Waals surface area contributed by atoms with Gasteiger partial charge in [-0.05, 0) is 56.8 Å². The van der Waals surface area contributed by atoms with Crippen LogP contribution in [0.4, 0.5) is 4.39 Å². The Morgan fingerprint density at radius 2 is 1.92 bits per heavy atom. The van der Waals surface area contributed by atoms with Crippen molar-refractivity contribution in [3.63, 3.8) is 0 Å². The molecule has 134 valence electrons. The van der Waals surface area contributed by atoms with Crippen LogP contribution in [-0.2, 0) is 9.59 Å². The highest BCUT2D eigenvalue weighted by Gasteiger charge is 2.69. The van der Waals surface area contributed by atoms with Crippen LogP contribution in [0.3, 0.4) is 0 Å². The number of rotatable bonds is 1. The first kappa shape index (κ1) is 16.7. The summed E-state index contributed by atoms with van der Waals surface area (Å²) in [4.78, 5) is 23.4. The molecular formula is C20H23FO4. The van der Waals surface area contributed by atoms with Crippen molar-refractivity contribution in [2.24, 2.45) is 22.7 Å². The Hall–Kier alpha value is -1.75. The second kappa shape index (κ2) is 4.70. The number of hydrogen-bond donors (Lipinski definition) is 2. The molecule has 4 rings (SSSR count). The molecule has 0 radical (unpaired) electrons. The van der Waals surface area contributed by atoms with Crippen LogP contribution >= 0.6 is 0 Å². The van der Waals surface area contributed by atoms with Gasteiger partial charge in [0.15, 0.2) is 11.4 Å². The molecule has 0 amide bonds. The van der Waals surface area contributed by atoms with E-state index in [1.165, 1.54) is 12.2 Å². The van der Waals surface area contributed by atoms with E-state index in [0.717, 1.165) is 5.57 Å². The smallest absolute Gasteiger partial charge is 0.336 e. The molecule has 2 fully saturated rings. The van der Waals surface area contributed by atoms with Crippen molar-refractivity contribution in [3.05, 3.63) is 36.0 Å². The number of allylic oxidation sites excluding steroid dienone is 5. The van der Waals surface area contributed by atoms with E-state index < -0.39 is 28.1 Å². The molecule has 4 aliphatic carbocycles. The van der Waals surface area contributed by atoms with Crippen molar-refractivity contribution in [1.29, 1.82) is 0 Å². The maximum absolute atomic E-state index is 16.4. The molecule has 4 aliphatic rings. The largest absolute Gasteiger partial charge is 0.479 e. The molecule has 2 saturated carbocycles. The number of carbonyl (C=O) groups excluding carboxylic acids is 1. The third kappa shape index (κ3) is 1.75. The van der Waals surface area contributed by atoms with Gasteiger partial charge in [0.1, 0.15) is 5.67 Å². The molecule has 0 unspecified atom stereocenters. The monoisotopic (exact) mass is 346 g/mol. The minimum Gasteiger partial charge on any atom is -0.479 e. The van der Waals surface area contributed by atoms with Crippen LogP contribution in [0.5, 0.6) is 0 Å². The van der Waals surface area contributed by atoms with Crippen LogP contribution in [0.25, 0.3) is 0 Å². The number of carbonyl (C=O) groups is 2.